The molecule has 7 heteroatoms. The standard InChI is InChI=1S/C28H28N2O5/c1-3-4-7-18-35-22-13-9-19(10-14-22)26(31)24-25(23-8-5-6-17-29-23)30(28(33)27(24)32)20-11-15-21(34-2)16-12-20/h5-6,8-17,25,31H,3-4,7,18H2,1-2H3/b26-24-. The molecule has 1 unspecified atom stereocenters. The van der Waals surface area contributed by atoms with E-state index in [1.807, 2.05) is 0 Å². The summed E-state index contributed by atoms with van der Waals surface area (Å²) in [4.78, 5) is 32.1. The average Bonchev–Trinajstić information content (AvgIpc) is 3.17. The number of hydrogen-bond donors (Lipinski definition) is 1. The number of rotatable bonds is 9. The molecule has 0 saturated carbocycles. The molecule has 1 fully saturated rings. The van der Waals surface area contributed by atoms with Gasteiger partial charge in [-0.15, -0.1) is 0 Å². The van der Waals surface area contributed by atoms with Gasteiger partial charge in [0, 0.05) is 17.4 Å². The molecule has 0 aliphatic carbocycles. The molecule has 2 heterocycles. The van der Waals surface area contributed by atoms with E-state index in [0.717, 1.165) is 19.3 Å². The smallest absolute Gasteiger partial charge is 0.300 e. The molecule has 7 nitrogen and oxygen atoms in total. The number of unbranched alkanes of at least 4 members (excludes halogenated alkanes) is 2. The number of carbonyl (C=O) groups excluding carboxylic acids is 2. The maximum atomic E-state index is 13.2. The lowest BCUT2D eigenvalue weighted by atomic mass is 9.98. The molecule has 1 N–H and O–H groups in total. The van der Waals surface area contributed by atoms with Gasteiger partial charge in [0.05, 0.1) is 25.0 Å². The molecule has 0 radical (unpaired) electrons. The highest BCUT2D eigenvalue weighted by atomic mass is 16.5. The molecule has 35 heavy (non-hydrogen) atoms. The Morgan fingerprint density at radius 3 is 2.31 bits per heavy atom. The van der Waals surface area contributed by atoms with Gasteiger partial charge in [-0.25, -0.2) is 0 Å². The van der Waals surface area contributed by atoms with Crippen LogP contribution in [-0.2, 0) is 9.59 Å². The van der Waals surface area contributed by atoms with Crippen molar-refractivity contribution in [3.63, 3.8) is 0 Å². The number of nitrogens with zero attached hydrogens (tertiary/aromatic N) is 2. The normalized spacial score (nSPS) is 17.0. The van der Waals surface area contributed by atoms with Crippen LogP contribution in [0.4, 0.5) is 5.69 Å². The second-order valence-corrected chi connectivity index (χ2v) is 8.20. The zero-order valence-corrected chi connectivity index (χ0v) is 19.8. The van der Waals surface area contributed by atoms with Gasteiger partial charge in [-0.05, 0) is 67.1 Å². The van der Waals surface area contributed by atoms with Crippen LogP contribution in [0, 0.1) is 0 Å². The lowest BCUT2D eigenvalue weighted by molar-refractivity contribution is -0.132. The summed E-state index contributed by atoms with van der Waals surface area (Å²) in [5, 5.41) is 11.2. The fourth-order valence-corrected chi connectivity index (χ4v) is 4.07. The van der Waals surface area contributed by atoms with E-state index in [1.54, 1.807) is 80.0 Å². The molecule has 0 bridgehead atoms. The SMILES string of the molecule is CCCCCOc1ccc(/C(O)=C2/C(=O)C(=O)N(c3ccc(OC)cc3)C2c2ccccn2)cc1. The minimum Gasteiger partial charge on any atom is -0.507 e. The molecule has 1 aliphatic heterocycles. The fourth-order valence-electron chi connectivity index (χ4n) is 4.07. The molecular weight excluding hydrogens is 444 g/mol. The number of hydrogen-bond acceptors (Lipinski definition) is 6. The predicted octanol–water partition coefficient (Wildman–Crippen LogP) is 5.29. The number of Topliss-reactive ketones (excluding diaryl/α,β-unsaturated/α-hetero) is 1. The monoisotopic (exact) mass is 472 g/mol. The van der Waals surface area contributed by atoms with Gasteiger partial charge in [-0.1, -0.05) is 25.8 Å². The van der Waals surface area contributed by atoms with Crippen molar-refractivity contribution in [3.05, 3.63) is 89.8 Å². The van der Waals surface area contributed by atoms with E-state index in [0.29, 0.717) is 35.1 Å². The maximum Gasteiger partial charge on any atom is 0.300 e. The number of aromatic nitrogens is 1. The Labute approximate surface area is 204 Å². The van der Waals surface area contributed by atoms with Crippen molar-refractivity contribution in [2.45, 2.75) is 32.2 Å². The Morgan fingerprint density at radius 2 is 1.69 bits per heavy atom. The van der Waals surface area contributed by atoms with Crippen LogP contribution in [0.15, 0.2) is 78.5 Å². The molecule has 3 aromatic rings. The molecule has 1 aliphatic rings. The van der Waals surface area contributed by atoms with E-state index >= 15 is 0 Å². The first-order chi connectivity index (χ1) is 17.0. The summed E-state index contributed by atoms with van der Waals surface area (Å²) in [6, 6.07) is 18.1. The highest BCUT2D eigenvalue weighted by Gasteiger charge is 2.47. The van der Waals surface area contributed by atoms with Gasteiger partial charge in [-0.3, -0.25) is 19.5 Å². The molecule has 1 atom stereocenters. The van der Waals surface area contributed by atoms with E-state index in [1.165, 1.54) is 4.90 Å². The van der Waals surface area contributed by atoms with Crippen LogP contribution in [0.3, 0.4) is 0 Å². The van der Waals surface area contributed by atoms with Gasteiger partial charge < -0.3 is 14.6 Å². The van der Waals surface area contributed by atoms with Crippen LogP contribution >= 0.6 is 0 Å². The predicted molar refractivity (Wildman–Crippen MR) is 133 cm³/mol. The van der Waals surface area contributed by atoms with Crippen LogP contribution in [0.5, 0.6) is 11.5 Å². The maximum absolute atomic E-state index is 13.2. The number of aliphatic hydroxyl groups excluding tert-OH is 1. The number of carbonyl (C=O) groups is 2. The molecule has 1 saturated heterocycles. The molecule has 1 amide bonds. The second-order valence-electron chi connectivity index (χ2n) is 8.20. The first kappa shape index (κ1) is 24.0. The van der Waals surface area contributed by atoms with E-state index in [4.69, 9.17) is 9.47 Å². The van der Waals surface area contributed by atoms with Crippen molar-refractivity contribution in [1.29, 1.82) is 0 Å². The van der Waals surface area contributed by atoms with Crippen molar-refractivity contribution in [2.24, 2.45) is 0 Å². The summed E-state index contributed by atoms with van der Waals surface area (Å²) in [5.74, 6) is -0.459. The van der Waals surface area contributed by atoms with E-state index in [2.05, 4.69) is 11.9 Å². The van der Waals surface area contributed by atoms with Gasteiger partial charge >= 0.3 is 0 Å². The number of methoxy groups -OCH3 is 1. The second kappa shape index (κ2) is 10.9. The van der Waals surface area contributed by atoms with Gasteiger partial charge in [0.25, 0.3) is 11.7 Å². The van der Waals surface area contributed by atoms with Crippen LogP contribution in [0.1, 0.15) is 43.5 Å². The largest absolute Gasteiger partial charge is 0.507 e. The van der Waals surface area contributed by atoms with Crippen molar-refractivity contribution in [1.82, 2.24) is 4.98 Å². The Hall–Kier alpha value is -4.13. The molecule has 180 valence electrons. The molecule has 2 aromatic carbocycles. The van der Waals surface area contributed by atoms with E-state index in [-0.39, 0.29) is 11.3 Å². The van der Waals surface area contributed by atoms with Gasteiger partial charge in [0.2, 0.25) is 0 Å². The first-order valence-corrected chi connectivity index (χ1v) is 11.6. The summed E-state index contributed by atoms with van der Waals surface area (Å²) in [5.41, 5.74) is 1.37. The van der Waals surface area contributed by atoms with Crippen molar-refractivity contribution in [3.8, 4) is 11.5 Å². The van der Waals surface area contributed by atoms with E-state index < -0.39 is 17.7 Å². The van der Waals surface area contributed by atoms with Crippen molar-refractivity contribution in [2.75, 3.05) is 18.6 Å². The average molecular weight is 473 g/mol. The van der Waals surface area contributed by atoms with Gasteiger partial charge in [0.15, 0.2) is 0 Å². The topological polar surface area (TPSA) is 89.0 Å². The number of aliphatic hydroxyl groups is 1. The van der Waals surface area contributed by atoms with Crippen LogP contribution in [0.2, 0.25) is 0 Å². The number of amides is 1. The minimum atomic E-state index is -0.880. The highest BCUT2D eigenvalue weighted by molar-refractivity contribution is 6.51. The summed E-state index contributed by atoms with van der Waals surface area (Å²) < 4.78 is 11.0. The third kappa shape index (κ3) is 5.04. The quantitative estimate of drug-likeness (QED) is 0.197. The number of ketones is 1. The van der Waals surface area contributed by atoms with Gasteiger partial charge in [0.1, 0.15) is 23.3 Å². The summed E-state index contributed by atoms with van der Waals surface area (Å²) in [7, 11) is 1.55. The summed E-state index contributed by atoms with van der Waals surface area (Å²) >= 11 is 0. The Morgan fingerprint density at radius 1 is 0.971 bits per heavy atom. The van der Waals surface area contributed by atoms with Crippen LogP contribution < -0.4 is 14.4 Å². The lowest BCUT2D eigenvalue weighted by Gasteiger charge is -2.24. The zero-order chi connectivity index (χ0) is 24.8. The molecular formula is C28H28N2O5. The molecule has 1 aromatic heterocycles. The molecule has 0 spiro atoms. The third-order valence-electron chi connectivity index (χ3n) is 5.91. The van der Waals surface area contributed by atoms with E-state index in [9.17, 15) is 14.7 Å². The number of pyridine rings is 1. The third-order valence-corrected chi connectivity index (χ3v) is 5.91. The van der Waals surface area contributed by atoms with Crippen LogP contribution in [0.25, 0.3) is 5.76 Å². The fraction of sp³-hybridized carbons (Fsp3) is 0.250. The number of ether oxygens (including phenoxy) is 2. The van der Waals surface area contributed by atoms with Crippen molar-refractivity contribution < 1.29 is 24.2 Å². The highest BCUT2D eigenvalue weighted by Crippen LogP contribution is 2.41. The Bertz CT molecular complexity index is 1200. The number of benzene rings is 2. The summed E-state index contributed by atoms with van der Waals surface area (Å²) in [6.07, 6.45) is 4.77. The van der Waals surface area contributed by atoms with Crippen LogP contribution in [-0.4, -0.2) is 35.5 Å². The lowest BCUT2D eigenvalue weighted by Crippen LogP contribution is -2.29. The number of anilines is 1. The van der Waals surface area contributed by atoms with Gasteiger partial charge in [-0.2, -0.15) is 0 Å². The Balaban J connectivity index is 1.72. The first-order valence-electron chi connectivity index (χ1n) is 11.6. The molecule has 4 rings (SSSR count). The van der Waals surface area contributed by atoms with Crippen molar-refractivity contribution >= 4 is 23.1 Å². The summed E-state index contributed by atoms with van der Waals surface area (Å²) in [6.45, 7) is 2.75. The minimum absolute atomic E-state index is 0.0128. The Kier molecular flexibility index (Phi) is 7.45. The zero-order valence-electron chi connectivity index (χ0n) is 19.8.